The number of benzene rings is 1. The number of ether oxygens (including phenoxy) is 1. The van der Waals surface area contributed by atoms with Crippen LogP contribution in [0, 0.1) is 6.07 Å². The molecule has 0 amide bonds. The van der Waals surface area contributed by atoms with Crippen LogP contribution < -0.4 is 4.74 Å². The van der Waals surface area contributed by atoms with Gasteiger partial charge in [-0.05, 0) is 12.1 Å². The second-order valence-electron chi connectivity index (χ2n) is 2.49. The minimum Gasteiger partial charge on any atom is -0.495 e. The van der Waals surface area contributed by atoms with Gasteiger partial charge in [-0.1, -0.05) is 15.9 Å². The van der Waals surface area contributed by atoms with E-state index in [-0.39, 0.29) is 4.90 Å². The number of halogens is 1. The third-order valence-electron chi connectivity index (χ3n) is 1.46. The topological polar surface area (TPSA) is 43.4 Å². The lowest BCUT2D eigenvalue weighted by Gasteiger charge is -2.05. The van der Waals surface area contributed by atoms with Crippen LogP contribution in [0.2, 0.25) is 0 Å². The quantitative estimate of drug-likeness (QED) is 0.815. The zero-order chi connectivity index (χ0) is 10.1. The third-order valence-corrected chi connectivity index (χ3v) is 3.04. The molecule has 3 nitrogen and oxygen atoms in total. The molecule has 0 atom stereocenters. The minimum absolute atomic E-state index is 0.167. The van der Waals surface area contributed by atoms with E-state index in [4.69, 9.17) is 4.74 Å². The average molecular weight is 264 g/mol. The van der Waals surface area contributed by atoms with E-state index >= 15 is 0 Å². The molecule has 5 heteroatoms. The Morgan fingerprint density at radius 1 is 1.54 bits per heavy atom. The van der Waals surface area contributed by atoms with Crippen LogP contribution >= 0.6 is 15.9 Å². The van der Waals surface area contributed by atoms with E-state index in [0.717, 1.165) is 6.26 Å². The van der Waals surface area contributed by atoms with Crippen molar-refractivity contribution in [3.63, 3.8) is 0 Å². The first kappa shape index (κ1) is 10.5. The molecule has 0 bridgehead atoms. The van der Waals surface area contributed by atoms with Crippen molar-refractivity contribution in [1.29, 1.82) is 0 Å². The molecule has 1 rings (SSSR count). The van der Waals surface area contributed by atoms with Gasteiger partial charge in [0.2, 0.25) is 0 Å². The Kier molecular flexibility index (Phi) is 2.98. The van der Waals surface area contributed by atoms with Gasteiger partial charge in [0.05, 0.1) is 7.11 Å². The van der Waals surface area contributed by atoms with E-state index in [1.54, 1.807) is 0 Å². The van der Waals surface area contributed by atoms with Crippen LogP contribution in [0.3, 0.4) is 0 Å². The molecule has 1 aromatic carbocycles. The summed E-state index contributed by atoms with van der Waals surface area (Å²) in [5.74, 6) is 0.311. The molecular weight excluding hydrogens is 256 g/mol. The van der Waals surface area contributed by atoms with E-state index < -0.39 is 9.84 Å². The normalized spacial score (nSPS) is 11.3. The van der Waals surface area contributed by atoms with Crippen molar-refractivity contribution in [3.05, 3.63) is 22.7 Å². The van der Waals surface area contributed by atoms with Crippen molar-refractivity contribution >= 4 is 25.8 Å². The molecule has 0 fully saturated rings. The minimum atomic E-state index is -3.24. The second kappa shape index (κ2) is 3.67. The second-order valence-corrected chi connectivity index (χ2v) is 5.32. The van der Waals surface area contributed by atoms with Crippen LogP contribution in [0.4, 0.5) is 0 Å². The average Bonchev–Trinajstić information content (AvgIpc) is 2.03. The Morgan fingerprint density at radius 3 is 2.62 bits per heavy atom. The van der Waals surface area contributed by atoms with Crippen molar-refractivity contribution in [1.82, 2.24) is 0 Å². The molecular formula is C8H8BrO3S. The van der Waals surface area contributed by atoms with E-state index in [9.17, 15) is 8.42 Å². The van der Waals surface area contributed by atoms with Gasteiger partial charge in [0.25, 0.3) is 0 Å². The van der Waals surface area contributed by atoms with Crippen molar-refractivity contribution in [3.8, 4) is 5.75 Å². The summed E-state index contributed by atoms with van der Waals surface area (Å²) in [6.45, 7) is 0. The molecule has 0 aliphatic rings. The van der Waals surface area contributed by atoms with Gasteiger partial charge >= 0.3 is 0 Å². The maximum absolute atomic E-state index is 11.3. The summed E-state index contributed by atoms with van der Waals surface area (Å²) in [5, 5.41) is 0. The lowest BCUT2D eigenvalue weighted by atomic mass is 10.3. The SMILES string of the molecule is COc1c[c]c(Br)cc1S(C)(=O)=O. The smallest absolute Gasteiger partial charge is 0.179 e. The first-order chi connectivity index (χ1) is 5.95. The zero-order valence-electron chi connectivity index (χ0n) is 7.17. The highest BCUT2D eigenvalue weighted by Crippen LogP contribution is 2.26. The molecule has 0 spiro atoms. The molecule has 1 radical (unpaired) electrons. The van der Waals surface area contributed by atoms with E-state index in [1.807, 2.05) is 0 Å². The first-order valence-corrected chi connectivity index (χ1v) is 6.09. The Labute approximate surface area is 85.8 Å². The predicted octanol–water partition coefficient (Wildman–Crippen LogP) is 1.66. The van der Waals surface area contributed by atoms with Gasteiger partial charge in [0.15, 0.2) is 9.84 Å². The Balaban J connectivity index is 3.41. The van der Waals surface area contributed by atoms with Crippen molar-refractivity contribution in [2.24, 2.45) is 0 Å². The van der Waals surface area contributed by atoms with Crippen LogP contribution in [0.15, 0.2) is 21.5 Å². The summed E-state index contributed by atoms with van der Waals surface area (Å²) in [6.07, 6.45) is 1.14. The fourth-order valence-electron chi connectivity index (χ4n) is 0.883. The number of methoxy groups -OCH3 is 1. The van der Waals surface area contributed by atoms with E-state index in [0.29, 0.717) is 10.2 Å². The Hall–Kier alpha value is -0.550. The van der Waals surface area contributed by atoms with Gasteiger partial charge < -0.3 is 4.74 Å². The number of hydrogen-bond acceptors (Lipinski definition) is 3. The van der Waals surface area contributed by atoms with Crippen molar-refractivity contribution < 1.29 is 13.2 Å². The van der Waals surface area contributed by atoms with Gasteiger partial charge in [-0.25, -0.2) is 8.42 Å². The van der Waals surface area contributed by atoms with Gasteiger partial charge in [0.1, 0.15) is 10.6 Å². The van der Waals surface area contributed by atoms with Gasteiger partial charge in [-0.3, -0.25) is 0 Å². The molecule has 0 saturated heterocycles. The summed E-state index contributed by atoms with van der Waals surface area (Å²) < 4.78 is 28.0. The first-order valence-electron chi connectivity index (χ1n) is 3.40. The molecule has 1 aromatic rings. The summed E-state index contributed by atoms with van der Waals surface area (Å²) in [6, 6.07) is 5.74. The molecule has 0 heterocycles. The molecule has 71 valence electrons. The van der Waals surface area contributed by atoms with Gasteiger partial charge in [-0.2, -0.15) is 0 Å². The standard InChI is InChI=1S/C8H8BrO3S/c1-12-7-4-3-6(9)5-8(7)13(2,10)11/h4-5H,1-2H3. The van der Waals surface area contributed by atoms with Crippen LogP contribution in [0.1, 0.15) is 0 Å². The lowest BCUT2D eigenvalue weighted by Crippen LogP contribution is -2.00. The number of rotatable bonds is 2. The van der Waals surface area contributed by atoms with Crippen LogP contribution in [-0.2, 0) is 9.84 Å². The maximum atomic E-state index is 11.3. The molecule has 0 N–H and O–H groups in total. The molecule has 0 unspecified atom stereocenters. The fraction of sp³-hybridized carbons (Fsp3) is 0.250. The Morgan fingerprint density at radius 2 is 2.15 bits per heavy atom. The highest BCUT2D eigenvalue weighted by molar-refractivity contribution is 9.10. The molecule has 0 aliphatic carbocycles. The van der Waals surface area contributed by atoms with E-state index in [1.165, 1.54) is 19.2 Å². The van der Waals surface area contributed by atoms with Crippen LogP contribution in [-0.4, -0.2) is 21.8 Å². The summed E-state index contributed by atoms with van der Waals surface area (Å²) in [7, 11) is -1.82. The fourth-order valence-corrected chi connectivity index (χ4v) is 2.22. The maximum Gasteiger partial charge on any atom is 0.179 e. The lowest BCUT2D eigenvalue weighted by molar-refractivity contribution is 0.402. The third kappa shape index (κ3) is 2.45. The molecule has 0 aliphatic heterocycles. The highest BCUT2D eigenvalue weighted by atomic mass is 79.9. The van der Waals surface area contributed by atoms with Gasteiger partial charge in [-0.15, -0.1) is 0 Å². The molecule has 0 aromatic heterocycles. The van der Waals surface area contributed by atoms with Gasteiger partial charge in [0, 0.05) is 16.8 Å². The van der Waals surface area contributed by atoms with Crippen LogP contribution in [0.5, 0.6) is 5.75 Å². The zero-order valence-corrected chi connectivity index (χ0v) is 9.57. The highest BCUT2D eigenvalue weighted by Gasteiger charge is 2.14. The van der Waals surface area contributed by atoms with Crippen LogP contribution in [0.25, 0.3) is 0 Å². The van der Waals surface area contributed by atoms with Crippen molar-refractivity contribution in [2.75, 3.05) is 13.4 Å². The molecule has 0 saturated carbocycles. The monoisotopic (exact) mass is 263 g/mol. The molecule has 13 heavy (non-hydrogen) atoms. The van der Waals surface area contributed by atoms with Crippen molar-refractivity contribution in [2.45, 2.75) is 4.90 Å². The number of hydrogen-bond donors (Lipinski definition) is 0. The summed E-state index contributed by atoms with van der Waals surface area (Å²) in [5.41, 5.74) is 0. The van der Waals surface area contributed by atoms with E-state index in [2.05, 4.69) is 22.0 Å². The largest absolute Gasteiger partial charge is 0.495 e. The predicted molar refractivity (Wildman–Crippen MR) is 52.6 cm³/mol. The summed E-state index contributed by atoms with van der Waals surface area (Å²) in [4.78, 5) is 0.167. The Bertz CT molecular complexity index is 411. The summed E-state index contributed by atoms with van der Waals surface area (Å²) >= 11 is 3.14. The number of sulfone groups is 1.